The van der Waals surface area contributed by atoms with Crippen molar-refractivity contribution < 1.29 is 0 Å². The third-order valence-corrected chi connectivity index (χ3v) is 3.03. The van der Waals surface area contributed by atoms with E-state index < -0.39 is 0 Å². The predicted octanol–water partition coefficient (Wildman–Crippen LogP) is 0.771. The molecule has 2 rings (SSSR count). The van der Waals surface area contributed by atoms with Gasteiger partial charge in [-0.05, 0) is 38.1 Å². The van der Waals surface area contributed by atoms with Crippen LogP contribution in [0.3, 0.4) is 0 Å². The monoisotopic (exact) mass is 236 g/mol. The Balaban J connectivity index is 2.50. The lowest BCUT2D eigenvalue weighted by atomic mass is 9.92. The van der Waals surface area contributed by atoms with Crippen molar-refractivity contribution in [2.45, 2.75) is 18.8 Å². The highest BCUT2D eigenvalue weighted by Gasteiger charge is 2.20. The van der Waals surface area contributed by atoms with Crippen LogP contribution in [-0.4, -0.2) is 23.1 Å². The van der Waals surface area contributed by atoms with Gasteiger partial charge in [0.15, 0.2) is 4.77 Å². The summed E-state index contributed by atoms with van der Waals surface area (Å²) in [6.45, 7) is 1.81. The van der Waals surface area contributed by atoms with Crippen LogP contribution in [0.25, 0.3) is 0 Å². The Morgan fingerprint density at radius 3 is 2.62 bits per heavy atom. The van der Waals surface area contributed by atoms with Crippen molar-refractivity contribution >= 4 is 12.2 Å². The van der Waals surface area contributed by atoms with Crippen molar-refractivity contribution in [3.8, 4) is 6.07 Å². The van der Waals surface area contributed by atoms with Crippen LogP contribution in [0.15, 0.2) is 4.79 Å². The van der Waals surface area contributed by atoms with Crippen molar-refractivity contribution in [2.24, 2.45) is 0 Å². The van der Waals surface area contributed by atoms with Gasteiger partial charge in [0.2, 0.25) is 0 Å². The van der Waals surface area contributed by atoms with E-state index in [1.54, 1.807) is 0 Å². The van der Waals surface area contributed by atoms with Gasteiger partial charge in [-0.2, -0.15) is 5.26 Å². The molecule has 84 valence electrons. The van der Waals surface area contributed by atoms with Gasteiger partial charge < -0.3 is 10.3 Å². The zero-order valence-corrected chi connectivity index (χ0v) is 9.49. The fourth-order valence-corrected chi connectivity index (χ4v) is 2.23. The molecule has 0 aliphatic carbocycles. The summed E-state index contributed by atoms with van der Waals surface area (Å²) < 4.78 is 0.289. The molecule has 1 saturated heterocycles. The summed E-state index contributed by atoms with van der Waals surface area (Å²) in [5, 5.41) is 12.2. The lowest BCUT2D eigenvalue weighted by molar-refractivity contribution is 0.451. The van der Waals surface area contributed by atoms with Gasteiger partial charge in [0, 0.05) is 11.6 Å². The van der Waals surface area contributed by atoms with E-state index in [0.29, 0.717) is 5.69 Å². The van der Waals surface area contributed by atoms with Crippen molar-refractivity contribution in [3.63, 3.8) is 0 Å². The molecule has 0 spiro atoms. The highest BCUT2D eigenvalue weighted by atomic mass is 32.1. The van der Waals surface area contributed by atoms with E-state index in [1.807, 2.05) is 6.07 Å². The van der Waals surface area contributed by atoms with Crippen LogP contribution in [0.5, 0.6) is 0 Å². The lowest BCUT2D eigenvalue weighted by Crippen LogP contribution is -2.29. The summed E-state index contributed by atoms with van der Waals surface area (Å²) >= 11 is 4.93. The summed E-state index contributed by atoms with van der Waals surface area (Å²) in [6.07, 6.45) is 1.84. The molecule has 5 nitrogen and oxygen atoms in total. The minimum atomic E-state index is -0.389. The van der Waals surface area contributed by atoms with Gasteiger partial charge >= 0.3 is 0 Å². The smallest absolute Gasteiger partial charge is 0.269 e. The van der Waals surface area contributed by atoms with Gasteiger partial charge in [0.25, 0.3) is 5.56 Å². The van der Waals surface area contributed by atoms with Crippen molar-refractivity contribution in [1.82, 2.24) is 15.3 Å². The molecule has 0 atom stereocenters. The molecule has 1 aliphatic rings. The topological polar surface area (TPSA) is 84.5 Å². The number of hydrogen-bond acceptors (Lipinski definition) is 4. The van der Waals surface area contributed by atoms with Gasteiger partial charge in [-0.3, -0.25) is 9.78 Å². The maximum atomic E-state index is 11.6. The standard InChI is InChI=1S/C10H12N4OS/c11-5-7-8(6-1-3-12-4-2-6)13-10(16)14-9(7)15/h6,12H,1-4H2,(H2,13,14,15,16). The minimum Gasteiger partial charge on any atom is -0.334 e. The molecule has 0 bridgehead atoms. The SMILES string of the molecule is N#Cc1c(C2CCNCC2)[nH]c(=S)[nH]c1=O. The van der Waals surface area contributed by atoms with Gasteiger partial charge in [0.1, 0.15) is 11.6 Å². The number of nitrogens with one attached hydrogen (secondary N) is 3. The Hall–Kier alpha value is -1.45. The second kappa shape index (κ2) is 4.60. The van der Waals surface area contributed by atoms with Crippen LogP contribution in [0.4, 0.5) is 0 Å². The Morgan fingerprint density at radius 2 is 2.00 bits per heavy atom. The van der Waals surface area contributed by atoms with Crippen LogP contribution >= 0.6 is 12.2 Å². The average molecular weight is 236 g/mol. The van der Waals surface area contributed by atoms with Crippen LogP contribution < -0.4 is 10.9 Å². The van der Waals surface area contributed by atoms with E-state index in [4.69, 9.17) is 17.5 Å². The quantitative estimate of drug-likeness (QED) is 0.629. The maximum Gasteiger partial charge on any atom is 0.269 e. The van der Waals surface area contributed by atoms with E-state index in [1.165, 1.54) is 0 Å². The molecule has 0 aromatic carbocycles. The van der Waals surface area contributed by atoms with Gasteiger partial charge in [0.05, 0.1) is 0 Å². The molecule has 1 aromatic rings. The third-order valence-electron chi connectivity index (χ3n) is 2.83. The van der Waals surface area contributed by atoms with E-state index in [2.05, 4.69) is 15.3 Å². The molecule has 1 fully saturated rings. The number of hydrogen-bond donors (Lipinski definition) is 3. The number of piperidine rings is 1. The molecule has 6 heteroatoms. The fraction of sp³-hybridized carbons (Fsp3) is 0.500. The molecule has 2 heterocycles. The van der Waals surface area contributed by atoms with Crippen molar-refractivity contribution in [2.75, 3.05) is 13.1 Å². The van der Waals surface area contributed by atoms with Gasteiger partial charge in [-0.25, -0.2) is 0 Å². The largest absolute Gasteiger partial charge is 0.334 e. The highest BCUT2D eigenvalue weighted by Crippen LogP contribution is 2.24. The molecule has 1 aromatic heterocycles. The van der Waals surface area contributed by atoms with Crippen LogP contribution in [0.2, 0.25) is 0 Å². The van der Waals surface area contributed by atoms with Crippen LogP contribution in [0.1, 0.15) is 30.0 Å². The summed E-state index contributed by atoms with van der Waals surface area (Å²) in [6, 6.07) is 1.95. The lowest BCUT2D eigenvalue weighted by Gasteiger charge is -2.22. The molecular formula is C10H12N4OS. The summed E-state index contributed by atoms with van der Waals surface area (Å²) in [5.74, 6) is 0.222. The maximum absolute atomic E-state index is 11.6. The molecule has 0 saturated carbocycles. The first-order valence-corrected chi connectivity index (χ1v) is 5.60. The van der Waals surface area contributed by atoms with E-state index >= 15 is 0 Å². The Labute approximate surface area is 97.5 Å². The van der Waals surface area contributed by atoms with E-state index in [-0.39, 0.29) is 21.8 Å². The molecule has 0 radical (unpaired) electrons. The van der Waals surface area contributed by atoms with E-state index in [0.717, 1.165) is 25.9 Å². The first kappa shape index (κ1) is 11.0. The van der Waals surface area contributed by atoms with Crippen molar-refractivity contribution in [1.29, 1.82) is 5.26 Å². The first-order chi connectivity index (χ1) is 7.72. The number of rotatable bonds is 1. The van der Waals surface area contributed by atoms with Gasteiger partial charge in [-0.1, -0.05) is 0 Å². The number of nitriles is 1. The number of aromatic nitrogens is 2. The van der Waals surface area contributed by atoms with Crippen LogP contribution in [-0.2, 0) is 0 Å². The zero-order valence-electron chi connectivity index (χ0n) is 8.67. The average Bonchev–Trinajstić information content (AvgIpc) is 2.29. The second-order valence-electron chi connectivity index (χ2n) is 3.83. The summed E-state index contributed by atoms with van der Waals surface area (Å²) in [4.78, 5) is 16.9. The number of aromatic amines is 2. The molecule has 0 unspecified atom stereocenters. The first-order valence-electron chi connectivity index (χ1n) is 5.19. The molecule has 16 heavy (non-hydrogen) atoms. The Bertz CT molecular complexity index is 533. The fourth-order valence-electron chi connectivity index (χ4n) is 2.03. The number of nitrogens with zero attached hydrogens (tertiary/aromatic N) is 1. The minimum absolute atomic E-state index is 0.167. The Kier molecular flexibility index (Phi) is 3.17. The molecular weight excluding hydrogens is 224 g/mol. The van der Waals surface area contributed by atoms with E-state index in [9.17, 15) is 4.79 Å². The normalized spacial score (nSPS) is 16.9. The summed E-state index contributed by atoms with van der Waals surface area (Å²) in [7, 11) is 0. The number of H-pyrrole nitrogens is 2. The Morgan fingerprint density at radius 1 is 1.31 bits per heavy atom. The van der Waals surface area contributed by atoms with Crippen LogP contribution in [0, 0.1) is 16.1 Å². The molecule has 0 amide bonds. The molecule has 3 N–H and O–H groups in total. The third kappa shape index (κ3) is 2.05. The zero-order chi connectivity index (χ0) is 11.5. The molecule has 1 aliphatic heterocycles. The second-order valence-corrected chi connectivity index (χ2v) is 4.24. The summed E-state index contributed by atoms with van der Waals surface area (Å²) in [5.41, 5.74) is 0.470. The van der Waals surface area contributed by atoms with Crippen molar-refractivity contribution in [3.05, 3.63) is 26.4 Å². The predicted molar refractivity (Wildman–Crippen MR) is 61.8 cm³/mol. The highest BCUT2D eigenvalue weighted by molar-refractivity contribution is 7.71. The van der Waals surface area contributed by atoms with Gasteiger partial charge in [-0.15, -0.1) is 0 Å².